The van der Waals surface area contributed by atoms with Crippen molar-refractivity contribution in [2.45, 2.75) is 33.2 Å². The molecular weight excluding hydrogens is 240 g/mol. The zero-order chi connectivity index (χ0) is 13.5. The maximum Gasteiger partial charge on any atom is 0.132 e. The van der Waals surface area contributed by atoms with Crippen LogP contribution in [0.5, 0.6) is 0 Å². The number of aryl methyl sites for hydroxylation is 1. The first-order chi connectivity index (χ1) is 9.31. The minimum absolute atomic E-state index is 0.698. The van der Waals surface area contributed by atoms with Gasteiger partial charge < -0.3 is 15.1 Å². The zero-order valence-corrected chi connectivity index (χ0v) is 11.4. The third kappa shape index (κ3) is 3.98. The molecule has 19 heavy (non-hydrogen) atoms. The second-order valence-corrected chi connectivity index (χ2v) is 4.32. The van der Waals surface area contributed by atoms with Crippen molar-refractivity contribution in [3.05, 3.63) is 36.0 Å². The molecule has 2 heterocycles. The van der Waals surface area contributed by atoms with Crippen LogP contribution in [0.25, 0.3) is 0 Å². The van der Waals surface area contributed by atoms with Crippen molar-refractivity contribution in [2.24, 2.45) is 0 Å². The fourth-order valence-corrected chi connectivity index (χ4v) is 1.68. The van der Waals surface area contributed by atoms with Crippen LogP contribution in [-0.4, -0.2) is 16.5 Å². The van der Waals surface area contributed by atoms with Gasteiger partial charge in [-0.25, -0.2) is 9.97 Å². The van der Waals surface area contributed by atoms with E-state index >= 15 is 0 Å². The van der Waals surface area contributed by atoms with E-state index in [1.807, 2.05) is 12.1 Å². The van der Waals surface area contributed by atoms with E-state index in [1.165, 1.54) is 0 Å². The zero-order valence-electron chi connectivity index (χ0n) is 11.4. The van der Waals surface area contributed by atoms with E-state index in [2.05, 4.69) is 34.4 Å². The van der Waals surface area contributed by atoms with Gasteiger partial charge in [-0.05, 0) is 12.5 Å². The normalized spacial score (nSPS) is 10.4. The van der Waals surface area contributed by atoms with Gasteiger partial charge in [-0.3, -0.25) is 0 Å². The van der Waals surface area contributed by atoms with Gasteiger partial charge in [0.2, 0.25) is 0 Å². The van der Waals surface area contributed by atoms with Crippen molar-refractivity contribution in [1.82, 2.24) is 9.97 Å². The molecule has 0 aliphatic carbocycles. The number of furan rings is 1. The van der Waals surface area contributed by atoms with Gasteiger partial charge in [-0.15, -0.1) is 0 Å². The Morgan fingerprint density at radius 3 is 2.58 bits per heavy atom. The molecule has 5 nitrogen and oxygen atoms in total. The van der Waals surface area contributed by atoms with E-state index in [1.54, 1.807) is 12.5 Å². The van der Waals surface area contributed by atoms with Crippen LogP contribution in [0.1, 0.15) is 31.7 Å². The Labute approximate surface area is 113 Å². The molecule has 2 N–H and O–H groups in total. The van der Waals surface area contributed by atoms with Crippen LogP contribution < -0.4 is 10.6 Å². The van der Waals surface area contributed by atoms with Crippen molar-refractivity contribution in [1.29, 1.82) is 0 Å². The van der Waals surface area contributed by atoms with Crippen LogP contribution >= 0.6 is 0 Å². The molecule has 0 fully saturated rings. The third-order valence-corrected chi connectivity index (χ3v) is 2.70. The first-order valence-corrected chi connectivity index (χ1v) is 6.68. The predicted octanol–water partition coefficient (Wildman–Crippen LogP) is 3.07. The number of nitrogens with zero attached hydrogens (tertiary/aromatic N) is 2. The first-order valence-electron chi connectivity index (χ1n) is 6.68. The molecule has 0 aliphatic rings. The Bertz CT molecular complexity index is 496. The Balaban J connectivity index is 2.05. The molecule has 2 aromatic rings. The summed E-state index contributed by atoms with van der Waals surface area (Å²) in [6.45, 7) is 5.80. The van der Waals surface area contributed by atoms with Gasteiger partial charge in [-0.2, -0.15) is 0 Å². The van der Waals surface area contributed by atoms with Gasteiger partial charge in [0.25, 0.3) is 0 Å². The van der Waals surface area contributed by atoms with Gasteiger partial charge in [-0.1, -0.05) is 13.8 Å². The molecule has 2 rings (SSSR count). The van der Waals surface area contributed by atoms with E-state index < -0.39 is 0 Å². The topological polar surface area (TPSA) is 63.0 Å². The quantitative estimate of drug-likeness (QED) is 0.801. The van der Waals surface area contributed by atoms with Crippen molar-refractivity contribution >= 4 is 11.6 Å². The lowest BCUT2D eigenvalue weighted by Gasteiger charge is -2.09. The Hall–Kier alpha value is -2.04. The molecule has 0 bridgehead atoms. The highest BCUT2D eigenvalue weighted by molar-refractivity contribution is 5.47. The number of hydrogen-bond donors (Lipinski definition) is 2. The average Bonchev–Trinajstić information content (AvgIpc) is 2.96. The van der Waals surface area contributed by atoms with Crippen LogP contribution in [0.15, 0.2) is 29.1 Å². The van der Waals surface area contributed by atoms with E-state index in [0.717, 1.165) is 42.4 Å². The number of anilines is 2. The van der Waals surface area contributed by atoms with Crippen LogP contribution in [0.2, 0.25) is 0 Å². The molecule has 0 aliphatic heterocycles. The lowest BCUT2D eigenvalue weighted by atomic mass is 10.3. The summed E-state index contributed by atoms with van der Waals surface area (Å²) in [7, 11) is 0. The van der Waals surface area contributed by atoms with Crippen LogP contribution in [0.4, 0.5) is 11.6 Å². The summed E-state index contributed by atoms with van der Waals surface area (Å²) in [6, 6.07) is 3.88. The van der Waals surface area contributed by atoms with Gasteiger partial charge in [0.05, 0.1) is 12.5 Å². The van der Waals surface area contributed by atoms with Crippen LogP contribution in [0, 0.1) is 0 Å². The Kier molecular flexibility index (Phi) is 4.78. The molecule has 102 valence electrons. The maximum absolute atomic E-state index is 5.04. The summed E-state index contributed by atoms with van der Waals surface area (Å²) < 4.78 is 5.04. The molecule has 0 saturated carbocycles. The summed E-state index contributed by atoms with van der Waals surface area (Å²) in [5.74, 6) is 2.56. The second-order valence-electron chi connectivity index (χ2n) is 4.32. The summed E-state index contributed by atoms with van der Waals surface area (Å²) in [5.41, 5.74) is 1.10. The molecule has 2 aromatic heterocycles. The molecule has 0 spiro atoms. The van der Waals surface area contributed by atoms with E-state index in [0.29, 0.717) is 6.54 Å². The van der Waals surface area contributed by atoms with Gasteiger partial charge in [0, 0.05) is 31.1 Å². The van der Waals surface area contributed by atoms with Crippen LogP contribution in [0.3, 0.4) is 0 Å². The van der Waals surface area contributed by atoms with Crippen molar-refractivity contribution < 1.29 is 4.42 Å². The van der Waals surface area contributed by atoms with Crippen molar-refractivity contribution in [3.63, 3.8) is 0 Å². The minimum atomic E-state index is 0.698. The lowest BCUT2D eigenvalue weighted by molar-refractivity contribution is 0.564. The molecule has 0 unspecified atom stereocenters. The monoisotopic (exact) mass is 260 g/mol. The highest BCUT2D eigenvalue weighted by Crippen LogP contribution is 2.13. The molecule has 0 radical (unpaired) electrons. The predicted molar refractivity (Wildman–Crippen MR) is 76.2 cm³/mol. The first kappa shape index (κ1) is 13.4. The average molecular weight is 260 g/mol. The number of nitrogens with one attached hydrogen (secondary N) is 2. The summed E-state index contributed by atoms with van der Waals surface area (Å²) in [6.07, 6.45) is 5.29. The smallest absolute Gasteiger partial charge is 0.132 e. The van der Waals surface area contributed by atoms with Crippen LogP contribution in [-0.2, 0) is 13.0 Å². The lowest BCUT2D eigenvalue weighted by Crippen LogP contribution is -2.08. The SMILES string of the molecule is CCCNc1cc(NCc2ccoc2)nc(CC)n1. The van der Waals surface area contributed by atoms with E-state index in [4.69, 9.17) is 4.42 Å². The fourth-order valence-electron chi connectivity index (χ4n) is 1.68. The highest BCUT2D eigenvalue weighted by atomic mass is 16.3. The molecule has 0 amide bonds. The molecule has 0 saturated heterocycles. The van der Waals surface area contributed by atoms with Crippen molar-refractivity contribution in [3.8, 4) is 0 Å². The molecule has 0 atom stereocenters. The Morgan fingerprint density at radius 2 is 1.95 bits per heavy atom. The van der Waals surface area contributed by atoms with Gasteiger partial charge in [0.1, 0.15) is 17.5 Å². The third-order valence-electron chi connectivity index (χ3n) is 2.70. The van der Waals surface area contributed by atoms with Crippen molar-refractivity contribution in [2.75, 3.05) is 17.2 Å². The fraction of sp³-hybridized carbons (Fsp3) is 0.429. The largest absolute Gasteiger partial charge is 0.472 e. The Morgan fingerprint density at radius 1 is 1.16 bits per heavy atom. The molecule has 5 heteroatoms. The highest BCUT2D eigenvalue weighted by Gasteiger charge is 2.03. The molecular formula is C14H20N4O. The number of aromatic nitrogens is 2. The standard InChI is InChI=1S/C14H20N4O/c1-3-6-15-13-8-14(18-12(4-2)17-13)16-9-11-5-7-19-10-11/h5,7-8,10H,3-4,6,9H2,1-2H3,(H2,15,16,17,18). The van der Waals surface area contributed by atoms with Gasteiger partial charge in [0.15, 0.2) is 0 Å². The molecule has 0 aromatic carbocycles. The number of hydrogen-bond acceptors (Lipinski definition) is 5. The van der Waals surface area contributed by atoms with E-state index in [9.17, 15) is 0 Å². The number of rotatable bonds is 7. The minimum Gasteiger partial charge on any atom is -0.472 e. The summed E-state index contributed by atoms with van der Waals surface area (Å²) >= 11 is 0. The summed E-state index contributed by atoms with van der Waals surface area (Å²) in [5, 5.41) is 6.58. The summed E-state index contributed by atoms with van der Waals surface area (Å²) in [4.78, 5) is 8.92. The van der Waals surface area contributed by atoms with E-state index in [-0.39, 0.29) is 0 Å². The van der Waals surface area contributed by atoms with Gasteiger partial charge >= 0.3 is 0 Å². The maximum atomic E-state index is 5.04. The second kappa shape index (κ2) is 6.78.